The van der Waals surface area contributed by atoms with Crippen LogP contribution in [-0.2, 0) is 4.79 Å². The summed E-state index contributed by atoms with van der Waals surface area (Å²) in [6.07, 6.45) is 2.58. The number of nitrogens with zero attached hydrogens (tertiary/aromatic N) is 2. The number of nitrogens with one attached hydrogen (secondary N) is 2. The fourth-order valence-electron chi connectivity index (χ4n) is 2.12. The molecular formula is C17H13FN4O. The SMILES string of the molecule is C=CC(=O)Nc1ccc2ncnc(Nc3ccccc3[18F])c2c1. The highest BCUT2D eigenvalue weighted by Crippen LogP contribution is 2.26. The second kappa shape index (κ2) is 6.23. The quantitative estimate of drug-likeness (QED) is 0.722. The number of benzene rings is 2. The van der Waals surface area contributed by atoms with Gasteiger partial charge in [0.2, 0.25) is 5.91 Å². The van der Waals surface area contributed by atoms with Crippen molar-refractivity contribution in [2.75, 3.05) is 10.6 Å². The highest BCUT2D eigenvalue weighted by atomic mass is 18.2. The average molecular weight is 307 g/mol. The first kappa shape index (κ1) is 14.6. The van der Waals surface area contributed by atoms with Gasteiger partial charge in [-0.05, 0) is 36.4 Å². The molecule has 0 bridgehead atoms. The van der Waals surface area contributed by atoms with Crippen LogP contribution in [0.1, 0.15) is 0 Å². The van der Waals surface area contributed by atoms with Crippen LogP contribution in [0.5, 0.6) is 0 Å². The fraction of sp³-hybridized carbons (Fsp3) is 0. The van der Waals surface area contributed by atoms with Crippen LogP contribution < -0.4 is 10.6 Å². The summed E-state index contributed by atoms with van der Waals surface area (Å²) in [4.78, 5) is 19.7. The van der Waals surface area contributed by atoms with Gasteiger partial charge in [-0.3, -0.25) is 4.79 Å². The second-order valence-corrected chi connectivity index (χ2v) is 4.75. The largest absolute Gasteiger partial charge is 0.337 e. The van der Waals surface area contributed by atoms with Crippen molar-refractivity contribution in [2.24, 2.45) is 0 Å². The van der Waals surface area contributed by atoms with Gasteiger partial charge < -0.3 is 10.6 Å². The van der Waals surface area contributed by atoms with E-state index in [0.717, 1.165) is 0 Å². The Morgan fingerprint density at radius 1 is 1.17 bits per heavy atom. The van der Waals surface area contributed by atoms with Gasteiger partial charge in [-0.25, -0.2) is 14.4 Å². The number of anilines is 3. The van der Waals surface area contributed by atoms with Crippen molar-refractivity contribution in [3.8, 4) is 0 Å². The predicted octanol–water partition coefficient (Wildman–Crippen LogP) is 3.64. The lowest BCUT2D eigenvalue weighted by atomic mass is 10.2. The van der Waals surface area contributed by atoms with E-state index in [0.29, 0.717) is 28.1 Å². The molecule has 0 radical (unpaired) electrons. The zero-order chi connectivity index (χ0) is 16.2. The lowest BCUT2D eigenvalue weighted by Gasteiger charge is -2.10. The fourth-order valence-corrected chi connectivity index (χ4v) is 2.12. The number of para-hydroxylation sites is 1. The van der Waals surface area contributed by atoms with Crippen LogP contribution in [0.3, 0.4) is 0 Å². The summed E-state index contributed by atoms with van der Waals surface area (Å²) in [6, 6.07) is 11.5. The molecule has 6 heteroatoms. The zero-order valence-electron chi connectivity index (χ0n) is 12.1. The van der Waals surface area contributed by atoms with Crippen LogP contribution in [0, 0.1) is 5.82 Å². The molecule has 0 aliphatic carbocycles. The van der Waals surface area contributed by atoms with Gasteiger partial charge in [0.05, 0.1) is 11.2 Å². The topological polar surface area (TPSA) is 66.9 Å². The molecule has 1 heterocycles. The Labute approximate surface area is 131 Å². The number of hydrogen-bond acceptors (Lipinski definition) is 4. The lowest BCUT2D eigenvalue weighted by molar-refractivity contribution is -0.111. The molecule has 3 aromatic rings. The normalized spacial score (nSPS) is 10.3. The molecule has 0 unspecified atom stereocenters. The van der Waals surface area contributed by atoms with Crippen molar-refractivity contribution in [1.82, 2.24) is 9.97 Å². The summed E-state index contributed by atoms with van der Waals surface area (Å²) in [6.45, 7) is 3.41. The van der Waals surface area contributed by atoms with Crippen LogP contribution in [0.15, 0.2) is 61.4 Å². The molecule has 114 valence electrons. The van der Waals surface area contributed by atoms with Crippen LogP contribution >= 0.6 is 0 Å². The maximum absolute atomic E-state index is 13.8. The Balaban J connectivity index is 2.02. The minimum atomic E-state index is -0.379. The molecule has 23 heavy (non-hydrogen) atoms. The zero-order valence-corrected chi connectivity index (χ0v) is 12.1. The molecule has 0 aliphatic rings. The van der Waals surface area contributed by atoms with Gasteiger partial charge in [-0.2, -0.15) is 0 Å². The Bertz CT molecular complexity index is 895. The number of fused-ring (bicyclic) bond motifs is 1. The third kappa shape index (κ3) is 3.16. The van der Waals surface area contributed by atoms with E-state index in [1.54, 1.807) is 36.4 Å². The summed E-state index contributed by atoms with van der Waals surface area (Å²) in [5, 5.41) is 6.29. The number of halogens is 1. The first-order valence-corrected chi connectivity index (χ1v) is 6.87. The number of carbonyl (C=O) groups is 1. The molecule has 0 atom stereocenters. The number of aromatic nitrogens is 2. The van der Waals surface area contributed by atoms with Gasteiger partial charge in [0, 0.05) is 11.1 Å². The van der Waals surface area contributed by atoms with Gasteiger partial charge in [0.15, 0.2) is 0 Å². The van der Waals surface area contributed by atoms with Crippen molar-refractivity contribution in [2.45, 2.75) is 0 Å². The standard InChI is InChI=1S/C17H13FN4O/c1-2-16(23)21-11-7-8-14-12(9-11)17(20-10-19-14)22-15-6-4-3-5-13(15)18/h2-10H,1H2,(H,21,23)(H,19,20,22)/i18-1. The van der Waals surface area contributed by atoms with Crippen LogP contribution in [0.25, 0.3) is 10.9 Å². The molecule has 0 aliphatic heterocycles. The summed E-state index contributed by atoms with van der Waals surface area (Å²) in [5.74, 6) is -0.241. The minimum Gasteiger partial charge on any atom is -0.337 e. The number of hydrogen-bond donors (Lipinski definition) is 2. The number of rotatable bonds is 4. The molecule has 5 nitrogen and oxygen atoms in total. The van der Waals surface area contributed by atoms with Gasteiger partial charge in [-0.1, -0.05) is 18.7 Å². The Kier molecular flexibility index (Phi) is 3.97. The molecule has 1 amide bonds. The molecule has 2 aromatic carbocycles. The van der Waals surface area contributed by atoms with Gasteiger partial charge in [-0.15, -0.1) is 0 Å². The molecule has 0 spiro atoms. The Morgan fingerprint density at radius 3 is 2.78 bits per heavy atom. The molecular weight excluding hydrogens is 294 g/mol. The van der Waals surface area contributed by atoms with E-state index in [4.69, 9.17) is 0 Å². The number of carbonyl (C=O) groups excluding carboxylic acids is 1. The molecule has 0 saturated carbocycles. The first-order valence-electron chi connectivity index (χ1n) is 6.87. The van der Waals surface area contributed by atoms with Crippen molar-refractivity contribution in [3.05, 3.63) is 67.3 Å². The van der Waals surface area contributed by atoms with E-state index < -0.39 is 0 Å². The van der Waals surface area contributed by atoms with Crippen LogP contribution in [0.4, 0.5) is 21.6 Å². The van der Waals surface area contributed by atoms with Crippen molar-refractivity contribution in [1.29, 1.82) is 0 Å². The van der Waals surface area contributed by atoms with Gasteiger partial charge in [0.1, 0.15) is 18.0 Å². The highest BCUT2D eigenvalue weighted by Gasteiger charge is 2.08. The maximum Gasteiger partial charge on any atom is 0.247 e. The smallest absolute Gasteiger partial charge is 0.247 e. The molecule has 3 rings (SSSR count). The minimum absolute atomic E-state index is 0.313. The summed E-state index contributed by atoms with van der Waals surface area (Å²) < 4.78 is 13.8. The number of amides is 1. The molecule has 0 fully saturated rings. The van der Waals surface area contributed by atoms with Crippen molar-refractivity contribution >= 4 is 34.0 Å². The highest BCUT2D eigenvalue weighted by molar-refractivity contribution is 6.01. The summed E-state index contributed by atoms with van der Waals surface area (Å²) in [7, 11) is 0. The molecule has 2 N–H and O–H groups in total. The average Bonchev–Trinajstić information content (AvgIpc) is 2.57. The van der Waals surface area contributed by atoms with E-state index >= 15 is 0 Å². The third-order valence-electron chi connectivity index (χ3n) is 3.22. The van der Waals surface area contributed by atoms with Crippen molar-refractivity contribution < 1.29 is 9.18 Å². The summed E-state index contributed by atoms with van der Waals surface area (Å²) >= 11 is 0. The van der Waals surface area contributed by atoms with E-state index in [-0.39, 0.29) is 11.7 Å². The van der Waals surface area contributed by atoms with E-state index in [9.17, 15) is 9.18 Å². The third-order valence-corrected chi connectivity index (χ3v) is 3.22. The van der Waals surface area contributed by atoms with E-state index in [1.165, 1.54) is 18.5 Å². The van der Waals surface area contributed by atoms with Crippen LogP contribution in [0.2, 0.25) is 0 Å². The van der Waals surface area contributed by atoms with Gasteiger partial charge >= 0.3 is 0 Å². The van der Waals surface area contributed by atoms with Crippen molar-refractivity contribution in [3.63, 3.8) is 0 Å². The maximum atomic E-state index is 13.8. The molecule has 1 aromatic heterocycles. The van der Waals surface area contributed by atoms with Crippen LogP contribution in [-0.4, -0.2) is 15.9 Å². The molecule has 0 saturated heterocycles. The van der Waals surface area contributed by atoms with E-state index in [1.807, 2.05) is 0 Å². The monoisotopic (exact) mass is 307 g/mol. The summed E-state index contributed by atoms with van der Waals surface area (Å²) in [5.41, 5.74) is 1.57. The van der Waals surface area contributed by atoms with E-state index in [2.05, 4.69) is 27.2 Å². The second-order valence-electron chi connectivity index (χ2n) is 4.75. The van der Waals surface area contributed by atoms with Gasteiger partial charge in [0.25, 0.3) is 0 Å². The first-order chi connectivity index (χ1) is 11.2. The Morgan fingerprint density at radius 2 is 2.00 bits per heavy atom. The predicted molar refractivity (Wildman–Crippen MR) is 88.0 cm³/mol. The lowest BCUT2D eigenvalue weighted by Crippen LogP contribution is -2.07. The Hall–Kier alpha value is -3.28.